The molecule has 0 aliphatic rings. The van der Waals surface area contributed by atoms with Crippen LogP contribution in [0.3, 0.4) is 0 Å². The third-order valence-corrected chi connectivity index (χ3v) is 3.04. The van der Waals surface area contributed by atoms with Gasteiger partial charge in [0.25, 0.3) is 0 Å². The number of nitrogens with one attached hydrogen (secondary N) is 2. The Morgan fingerprint density at radius 1 is 0.944 bits per heavy atom. The van der Waals surface area contributed by atoms with Crippen molar-refractivity contribution in [2.75, 3.05) is 19.0 Å². The van der Waals surface area contributed by atoms with Crippen molar-refractivity contribution in [3.05, 3.63) is 60.7 Å². The molecule has 0 saturated carbocycles. The monoisotopic (exact) mass is 240 g/mol. The highest BCUT2D eigenvalue weighted by atomic mass is 15.3. The van der Waals surface area contributed by atoms with Crippen LogP contribution in [-0.4, -0.2) is 20.1 Å². The van der Waals surface area contributed by atoms with Crippen LogP contribution in [-0.2, 0) is 0 Å². The van der Waals surface area contributed by atoms with E-state index in [1.54, 1.807) is 0 Å². The minimum absolute atomic E-state index is 0.521. The van der Waals surface area contributed by atoms with E-state index in [2.05, 4.69) is 0 Å². The van der Waals surface area contributed by atoms with Gasteiger partial charge in [-0.25, -0.2) is 10.3 Å². The normalized spacial score (nSPS) is 11.9. The average molecular weight is 240 g/mol. The summed E-state index contributed by atoms with van der Waals surface area (Å²) in [6, 6.07) is 20.0. The van der Waals surface area contributed by atoms with Gasteiger partial charge in [-0.1, -0.05) is 36.4 Å². The Labute approximate surface area is 108 Å². The third kappa shape index (κ3) is 2.57. The lowest BCUT2D eigenvalue weighted by Crippen LogP contribution is -3.08. The molecule has 18 heavy (non-hydrogen) atoms. The maximum absolute atomic E-state index is 8.26. The van der Waals surface area contributed by atoms with E-state index >= 15 is 0 Å². The van der Waals surface area contributed by atoms with Gasteiger partial charge in [0.15, 0.2) is 0 Å². The van der Waals surface area contributed by atoms with Gasteiger partial charge in [0.1, 0.15) is 5.69 Å². The molecule has 1 unspecified atom stereocenters. The van der Waals surface area contributed by atoms with E-state index in [1.807, 2.05) is 79.7 Å². The molecule has 0 amide bonds. The first-order valence-electron chi connectivity index (χ1n) is 5.97. The van der Waals surface area contributed by atoms with Gasteiger partial charge in [0.2, 0.25) is 0 Å². The fourth-order valence-corrected chi connectivity index (χ4v) is 1.86. The van der Waals surface area contributed by atoms with E-state index in [1.165, 1.54) is 0 Å². The predicted octanol–water partition coefficient (Wildman–Crippen LogP) is 1.90. The summed E-state index contributed by atoms with van der Waals surface area (Å²) in [6.45, 7) is 0. The molecule has 0 saturated heterocycles. The van der Waals surface area contributed by atoms with Crippen molar-refractivity contribution in [2.45, 2.75) is 0 Å². The Morgan fingerprint density at radius 2 is 1.44 bits per heavy atom. The number of rotatable bonds is 2. The predicted molar refractivity (Wildman–Crippen MR) is 75.6 cm³/mol. The number of nitrogens with zero attached hydrogens (tertiary/aromatic N) is 1. The maximum atomic E-state index is 8.26. The van der Waals surface area contributed by atoms with Gasteiger partial charge >= 0.3 is 5.96 Å². The summed E-state index contributed by atoms with van der Waals surface area (Å²) in [5.41, 5.74) is 2.11. The van der Waals surface area contributed by atoms with Crippen LogP contribution in [0.15, 0.2) is 60.7 Å². The Balaban J connectivity index is 2.17. The quantitative estimate of drug-likeness (QED) is 0.610. The lowest BCUT2D eigenvalue weighted by molar-refractivity contribution is -0.707. The van der Waals surface area contributed by atoms with Gasteiger partial charge < -0.3 is 0 Å². The number of quaternary nitrogens is 1. The summed E-state index contributed by atoms with van der Waals surface area (Å²) in [6.07, 6.45) is 0. The SMILES string of the molecule is CN(C(=N)[NH+](C)c1ccccc1)c1ccccc1. The lowest BCUT2D eigenvalue weighted by atomic mass is 10.3. The zero-order valence-electron chi connectivity index (χ0n) is 10.7. The van der Waals surface area contributed by atoms with Gasteiger partial charge in [-0.15, -0.1) is 0 Å². The Hall–Kier alpha value is -2.13. The minimum atomic E-state index is 0.521. The van der Waals surface area contributed by atoms with Crippen molar-refractivity contribution < 1.29 is 4.90 Å². The fraction of sp³-hybridized carbons (Fsp3) is 0.133. The van der Waals surface area contributed by atoms with Crippen LogP contribution in [0.25, 0.3) is 0 Å². The van der Waals surface area contributed by atoms with Crippen LogP contribution < -0.4 is 9.80 Å². The Bertz CT molecular complexity index is 460. The molecule has 0 aliphatic carbocycles. The second-order valence-corrected chi connectivity index (χ2v) is 4.23. The standard InChI is InChI=1S/C15H17N3/c1-17(13-9-5-3-6-10-13)15(16)18(2)14-11-7-4-8-12-14/h3-12,16H,1-2H3/p+1. The highest BCUT2D eigenvalue weighted by Gasteiger charge is 2.18. The number of benzene rings is 2. The summed E-state index contributed by atoms with van der Waals surface area (Å²) < 4.78 is 0. The molecule has 92 valence electrons. The van der Waals surface area contributed by atoms with Gasteiger partial charge in [-0.3, -0.25) is 4.90 Å². The molecule has 2 rings (SSSR count). The smallest absolute Gasteiger partial charge is 0.284 e. The topological polar surface area (TPSA) is 31.5 Å². The van der Waals surface area contributed by atoms with Crippen molar-refractivity contribution in [1.82, 2.24) is 0 Å². The summed E-state index contributed by atoms with van der Waals surface area (Å²) >= 11 is 0. The summed E-state index contributed by atoms with van der Waals surface area (Å²) in [7, 11) is 3.90. The molecule has 0 fully saturated rings. The van der Waals surface area contributed by atoms with Crippen LogP contribution in [0.4, 0.5) is 11.4 Å². The summed E-state index contributed by atoms with van der Waals surface area (Å²) in [5.74, 6) is 0.521. The second-order valence-electron chi connectivity index (χ2n) is 4.23. The van der Waals surface area contributed by atoms with Crippen LogP contribution in [0.5, 0.6) is 0 Å². The fourth-order valence-electron chi connectivity index (χ4n) is 1.86. The minimum Gasteiger partial charge on any atom is -0.284 e. The summed E-state index contributed by atoms with van der Waals surface area (Å²) in [5, 5.41) is 8.26. The molecule has 0 radical (unpaired) electrons. The molecule has 2 aromatic carbocycles. The van der Waals surface area contributed by atoms with Gasteiger partial charge in [-0.2, -0.15) is 0 Å². The van der Waals surface area contributed by atoms with E-state index in [4.69, 9.17) is 5.41 Å². The van der Waals surface area contributed by atoms with E-state index in [-0.39, 0.29) is 0 Å². The number of hydrogen-bond acceptors (Lipinski definition) is 1. The summed E-state index contributed by atoms with van der Waals surface area (Å²) in [4.78, 5) is 2.87. The second kappa shape index (κ2) is 5.47. The van der Waals surface area contributed by atoms with Crippen molar-refractivity contribution in [1.29, 1.82) is 5.41 Å². The molecule has 2 N–H and O–H groups in total. The highest BCUT2D eigenvalue weighted by molar-refractivity contribution is 5.87. The Morgan fingerprint density at radius 3 is 2.00 bits per heavy atom. The van der Waals surface area contributed by atoms with Crippen LogP contribution in [0.1, 0.15) is 0 Å². The van der Waals surface area contributed by atoms with E-state index in [0.29, 0.717) is 5.96 Å². The molecular weight excluding hydrogens is 222 g/mol. The van der Waals surface area contributed by atoms with Crippen LogP contribution in [0.2, 0.25) is 0 Å². The zero-order valence-corrected chi connectivity index (χ0v) is 10.7. The highest BCUT2D eigenvalue weighted by Crippen LogP contribution is 2.10. The molecule has 3 heteroatoms. The van der Waals surface area contributed by atoms with Crippen LogP contribution in [0, 0.1) is 5.41 Å². The first-order chi connectivity index (χ1) is 8.70. The molecule has 0 spiro atoms. The van der Waals surface area contributed by atoms with Crippen LogP contribution >= 0.6 is 0 Å². The van der Waals surface area contributed by atoms with Gasteiger partial charge in [0, 0.05) is 12.7 Å². The van der Waals surface area contributed by atoms with Crippen molar-refractivity contribution in [3.8, 4) is 0 Å². The van der Waals surface area contributed by atoms with E-state index < -0.39 is 0 Å². The number of guanidine groups is 1. The molecule has 0 aromatic heterocycles. The van der Waals surface area contributed by atoms with Crippen molar-refractivity contribution in [3.63, 3.8) is 0 Å². The molecule has 1 atom stereocenters. The van der Waals surface area contributed by atoms with E-state index in [9.17, 15) is 0 Å². The largest absolute Gasteiger partial charge is 0.304 e. The van der Waals surface area contributed by atoms with E-state index in [0.717, 1.165) is 16.3 Å². The first kappa shape index (κ1) is 12.3. The maximum Gasteiger partial charge on any atom is 0.304 e. The molecule has 0 heterocycles. The number of anilines is 1. The zero-order chi connectivity index (χ0) is 13.0. The molecule has 3 nitrogen and oxygen atoms in total. The third-order valence-electron chi connectivity index (χ3n) is 3.04. The molecule has 0 bridgehead atoms. The average Bonchev–Trinajstić information content (AvgIpc) is 2.47. The van der Waals surface area contributed by atoms with Gasteiger partial charge in [0.05, 0.1) is 7.05 Å². The van der Waals surface area contributed by atoms with Crippen molar-refractivity contribution in [2.24, 2.45) is 0 Å². The Kier molecular flexibility index (Phi) is 3.75. The lowest BCUT2D eigenvalue weighted by Gasteiger charge is -2.22. The molecule has 0 aliphatic heterocycles. The molecular formula is C15H18N3+. The van der Waals surface area contributed by atoms with Gasteiger partial charge in [-0.05, 0) is 24.3 Å². The first-order valence-corrected chi connectivity index (χ1v) is 5.97. The van der Waals surface area contributed by atoms with Crippen molar-refractivity contribution >= 4 is 17.3 Å². The number of hydrogen-bond donors (Lipinski definition) is 2. The molecule has 2 aromatic rings. The number of para-hydroxylation sites is 2.